The second-order valence-electron chi connectivity index (χ2n) is 5.07. The fourth-order valence-electron chi connectivity index (χ4n) is 2.79. The average Bonchev–Trinajstić information content (AvgIpc) is 2.97. The molecule has 3 rings (SSSR count). The number of hydrogen-bond donors (Lipinski definition) is 1. The van der Waals surface area contributed by atoms with Gasteiger partial charge in [0.25, 0.3) is 5.91 Å². The number of aromatic nitrogens is 1. The number of primary amides is 1. The van der Waals surface area contributed by atoms with Crippen LogP contribution in [-0.4, -0.2) is 34.3 Å². The van der Waals surface area contributed by atoms with Crippen molar-refractivity contribution in [2.24, 2.45) is 5.73 Å². The molecule has 0 bridgehead atoms. The number of benzene rings is 1. The Hall–Kier alpha value is -2.14. The minimum absolute atomic E-state index is 0.225. The van der Waals surface area contributed by atoms with Gasteiger partial charge in [-0.2, -0.15) is 0 Å². The largest absolute Gasteiger partial charge is 0.368 e. The molecule has 108 valence electrons. The van der Waals surface area contributed by atoms with Gasteiger partial charge in [-0.15, -0.1) is 0 Å². The van der Waals surface area contributed by atoms with E-state index < -0.39 is 11.9 Å². The van der Waals surface area contributed by atoms with Crippen molar-refractivity contribution in [1.29, 1.82) is 0 Å². The van der Waals surface area contributed by atoms with Gasteiger partial charge in [0.15, 0.2) is 0 Å². The number of halogens is 1. The number of pyridine rings is 1. The maximum absolute atomic E-state index is 12.7. The van der Waals surface area contributed by atoms with Crippen molar-refractivity contribution < 1.29 is 9.59 Å². The molecular weight excluding hydrogens is 290 g/mol. The molecule has 2 N–H and O–H groups in total. The predicted molar refractivity (Wildman–Crippen MR) is 80.0 cm³/mol. The molecule has 1 atom stereocenters. The van der Waals surface area contributed by atoms with Gasteiger partial charge >= 0.3 is 0 Å². The standard InChI is InChI=1S/C15H14ClN3O2/c16-13-10-5-2-1-4-9(10)11(8-18-13)15(21)19-7-3-6-12(19)14(17)20/h1-2,4-5,8,12H,3,6-7H2,(H2,17,20). The number of hydrogen-bond acceptors (Lipinski definition) is 3. The van der Waals surface area contributed by atoms with E-state index in [-0.39, 0.29) is 5.91 Å². The average molecular weight is 304 g/mol. The molecule has 1 aromatic heterocycles. The Morgan fingerprint density at radius 2 is 2.00 bits per heavy atom. The molecule has 1 aromatic carbocycles. The Labute approximate surface area is 126 Å². The molecule has 0 radical (unpaired) electrons. The maximum Gasteiger partial charge on any atom is 0.256 e. The minimum atomic E-state index is -0.535. The van der Waals surface area contributed by atoms with Crippen molar-refractivity contribution in [3.63, 3.8) is 0 Å². The van der Waals surface area contributed by atoms with E-state index in [4.69, 9.17) is 17.3 Å². The number of rotatable bonds is 2. The summed E-state index contributed by atoms with van der Waals surface area (Å²) in [5, 5.41) is 1.81. The number of nitrogens with two attached hydrogens (primary N) is 1. The van der Waals surface area contributed by atoms with Crippen LogP contribution in [0.1, 0.15) is 23.2 Å². The van der Waals surface area contributed by atoms with Crippen LogP contribution in [0, 0.1) is 0 Å². The third-order valence-corrected chi connectivity index (χ3v) is 4.12. The molecule has 1 aliphatic heterocycles. The van der Waals surface area contributed by atoms with Crippen LogP contribution >= 0.6 is 11.6 Å². The third-order valence-electron chi connectivity index (χ3n) is 3.82. The first-order chi connectivity index (χ1) is 10.1. The monoisotopic (exact) mass is 303 g/mol. The first-order valence-corrected chi connectivity index (χ1v) is 7.11. The second kappa shape index (κ2) is 5.33. The van der Waals surface area contributed by atoms with E-state index in [1.54, 1.807) is 0 Å². The maximum atomic E-state index is 12.7. The van der Waals surface area contributed by atoms with Gasteiger partial charge in [0.2, 0.25) is 5.91 Å². The second-order valence-corrected chi connectivity index (χ2v) is 5.43. The molecule has 5 nitrogen and oxygen atoms in total. The van der Waals surface area contributed by atoms with Crippen LogP contribution < -0.4 is 5.73 Å². The van der Waals surface area contributed by atoms with Crippen LogP contribution in [0.5, 0.6) is 0 Å². The lowest BCUT2D eigenvalue weighted by atomic mass is 10.1. The first kappa shape index (κ1) is 13.8. The highest BCUT2D eigenvalue weighted by atomic mass is 35.5. The van der Waals surface area contributed by atoms with Gasteiger partial charge < -0.3 is 10.6 Å². The molecule has 6 heteroatoms. The van der Waals surface area contributed by atoms with E-state index in [1.807, 2.05) is 24.3 Å². The lowest BCUT2D eigenvalue weighted by molar-refractivity contribution is -0.121. The zero-order valence-electron chi connectivity index (χ0n) is 11.3. The van der Waals surface area contributed by atoms with Crippen molar-refractivity contribution in [2.75, 3.05) is 6.54 Å². The van der Waals surface area contributed by atoms with Crippen molar-refractivity contribution in [1.82, 2.24) is 9.88 Å². The van der Waals surface area contributed by atoms with Crippen LogP contribution in [0.3, 0.4) is 0 Å². The van der Waals surface area contributed by atoms with Crippen molar-refractivity contribution in [2.45, 2.75) is 18.9 Å². The first-order valence-electron chi connectivity index (χ1n) is 6.73. The summed E-state index contributed by atoms with van der Waals surface area (Å²) in [4.78, 5) is 29.8. The summed E-state index contributed by atoms with van der Waals surface area (Å²) in [6, 6.07) is 6.78. The molecular formula is C15H14ClN3O2. The molecule has 1 aliphatic rings. The Kier molecular flexibility index (Phi) is 3.51. The number of carbonyl (C=O) groups is 2. The zero-order valence-corrected chi connectivity index (χ0v) is 12.0. The SMILES string of the molecule is NC(=O)C1CCCN1C(=O)c1cnc(Cl)c2ccccc12. The van der Waals surface area contributed by atoms with Gasteiger partial charge in [0.1, 0.15) is 11.2 Å². The topological polar surface area (TPSA) is 76.3 Å². The molecule has 2 amide bonds. The molecule has 2 heterocycles. The summed E-state index contributed by atoms with van der Waals surface area (Å²) < 4.78 is 0. The Bertz CT molecular complexity index is 732. The van der Waals surface area contributed by atoms with E-state index in [0.717, 1.165) is 17.2 Å². The number of fused-ring (bicyclic) bond motifs is 1. The van der Waals surface area contributed by atoms with Crippen LogP contribution in [0.2, 0.25) is 5.15 Å². The number of likely N-dealkylation sites (tertiary alicyclic amines) is 1. The summed E-state index contributed by atoms with van der Waals surface area (Å²) in [6.45, 7) is 0.531. The van der Waals surface area contributed by atoms with Crippen LogP contribution in [-0.2, 0) is 4.79 Å². The van der Waals surface area contributed by atoms with Crippen molar-refractivity contribution in [3.05, 3.63) is 41.2 Å². The Morgan fingerprint density at radius 1 is 1.29 bits per heavy atom. The summed E-state index contributed by atoms with van der Waals surface area (Å²) in [7, 11) is 0. The normalized spacial score (nSPS) is 18.1. The van der Waals surface area contributed by atoms with Gasteiger partial charge in [-0.25, -0.2) is 4.98 Å². The van der Waals surface area contributed by atoms with Crippen molar-refractivity contribution >= 4 is 34.2 Å². The molecule has 1 unspecified atom stereocenters. The minimum Gasteiger partial charge on any atom is -0.368 e. The quantitative estimate of drug-likeness (QED) is 0.862. The Balaban J connectivity index is 2.06. The lowest BCUT2D eigenvalue weighted by Gasteiger charge is -2.22. The summed E-state index contributed by atoms with van der Waals surface area (Å²) >= 11 is 6.06. The highest BCUT2D eigenvalue weighted by Gasteiger charge is 2.33. The van der Waals surface area contributed by atoms with Crippen LogP contribution in [0.25, 0.3) is 10.8 Å². The number of amides is 2. The summed E-state index contributed by atoms with van der Waals surface area (Å²) in [6.07, 6.45) is 2.85. The molecule has 21 heavy (non-hydrogen) atoms. The fourth-order valence-corrected chi connectivity index (χ4v) is 3.00. The van der Waals surface area contributed by atoms with Gasteiger partial charge in [-0.05, 0) is 18.2 Å². The van der Waals surface area contributed by atoms with Crippen molar-refractivity contribution in [3.8, 4) is 0 Å². The van der Waals surface area contributed by atoms with Crippen LogP contribution in [0.15, 0.2) is 30.5 Å². The molecule has 1 fully saturated rings. The Morgan fingerprint density at radius 3 is 2.71 bits per heavy atom. The predicted octanol–water partition coefficient (Wildman–Crippen LogP) is 1.98. The van der Waals surface area contributed by atoms with E-state index in [1.165, 1.54) is 11.1 Å². The fraction of sp³-hybridized carbons (Fsp3) is 0.267. The number of nitrogens with zero attached hydrogens (tertiary/aromatic N) is 2. The molecule has 0 aliphatic carbocycles. The van der Waals surface area contributed by atoms with Gasteiger partial charge in [-0.1, -0.05) is 35.9 Å². The van der Waals surface area contributed by atoms with Crippen LogP contribution in [0.4, 0.5) is 0 Å². The molecule has 0 saturated carbocycles. The third kappa shape index (κ3) is 2.34. The van der Waals surface area contributed by atoms with Gasteiger partial charge in [-0.3, -0.25) is 9.59 Å². The van der Waals surface area contributed by atoms with E-state index in [2.05, 4.69) is 4.98 Å². The lowest BCUT2D eigenvalue weighted by Crippen LogP contribution is -2.43. The molecule has 1 saturated heterocycles. The molecule has 2 aromatic rings. The van der Waals surface area contributed by atoms with E-state index in [0.29, 0.717) is 23.7 Å². The summed E-state index contributed by atoms with van der Waals surface area (Å²) in [5.74, 6) is -0.691. The number of carbonyl (C=O) groups excluding carboxylic acids is 2. The summed E-state index contributed by atoms with van der Waals surface area (Å²) in [5.41, 5.74) is 5.82. The highest BCUT2D eigenvalue weighted by Crippen LogP contribution is 2.27. The smallest absolute Gasteiger partial charge is 0.256 e. The van der Waals surface area contributed by atoms with Gasteiger partial charge in [0.05, 0.1) is 5.56 Å². The molecule has 0 spiro atoms. The highest BCUT2D eigenvalue weighted by molar-refractivity contribution is 6.34. The van der Waals surface area contributed by atoms with Gasteiger partial charge in [0, 0.05) is 18.1 Å². The van der Waals surface area contributed by atoms with E-state index >= 15 is 0 Å². The zero-order chi connectivity index (χ0) is 15.0. The van der Waals surface area contributed by atoms with E-state index in [9.17, 15) is 9.59 Å².